The van der Waals surface area contributed by atoms with Gasteiger partial charge in [-0.1, -0.05) is 30.1 Å². The van der Waals surface area contributed by atoms with E-state index in [9.17, 15) is 0 Å². The van der Waals surface area contributed by atoms with Gasteiger partial charge in [-0.2, -0.15) is 0 Å². The lowest BCUT2D eigenvalue weighted by Gasteiger charge is -2.12. The molecule has 0 spiro atoms. The highest BCUT2D eigenvalue weighted by Gasteiger charge is 2.10. The average Bonchev–Trinajstić information content (AvgIpc) is 2.38. The molecule has 2 aromatic rings. The molecule has 0 unspecified atom stereocenters. The number of hydrogen-bond acceptors (Lipinski definition) is 3. The van der Waals surface area contributed by atoms with E-state index in [-0.39, 0.29) is 0 Å². The van der Waals surface area contributed by atoms with Crippen molar-refractivity contribution in [2.75, 3.05) is 5.32 Å². The van der Waals surface area contributed by atoms with E-state index in [0.717, 1.165) is 22.1 Å². The molecule has 0 fully saturated rings. The fourth-order valence-corrected chi connectivity index (χ4v) is 2.24. The Morgan fingerprint density at radius 2 is 2.00 bits per heavy atom. The van der Waals surface area contributed by atoms with Gasteiger partial charge in [0.25, 0.3) is 0 Å². The van der Waals surface area contributed by atoms with Gasteiger partial charge >= 0.3 is 0 Å². The van der Waals surface area contributed by atoms with E-state index in [1.807, 2.05) is 32.0 Å². The van der Waals surface area contributed by atoms with E-state index in [1.165, 1.54) is 0 Å². The first kappa shape index (κ1) is 14.6. The minimum atomic E-state index is 0.465. The summed E-state index contributed by atoms with van der Waals surface area (Å²) in [5, 5.41) is 4.35. The number of nitrogens with zero attached hydrogens (tertiary/aromatic N) is 2. The molecule has 1 aromatic carbocycles. The van der Waals surface area contributed by atoms with Gasteiger partial charge in [0.05, 0.1) is 5.69 Å². The Morgan fingerprint density at radius 3 is 2.68 bits per heavy atom. The topological polar surface area (TPSA) is 37.8 Å². The Labute approximate surface area is 130 Å². The van der Waals surface area contributed by atoms with Crippen molar-refractivity contribution in [3.05, 3.63) is 44.2 Å². The maximum Gasteiger partial charge on any atom is 0.138 e. The molecule has 0 aliphatic rings. The molecule has 1 N–H and O–H groups in total. The number of hydrogen-bond donors (Lipinski definition) is 1. The predicted molar refractivity (Wildman–Crippen MR) is 83.6 cm³/mol. The van der Waals surface area contributed by atoms with Crippen LogP contribution in [0.5, 0.6) is 0 Å². The molecular formula is C13H12BrCl2N3. The van der Waals surface area contributed by atoms with Gasteiger partial charge < -0.3 is 5.32 Å². The van der Waals surface area contributed by atoms with Crippen LogP contribution in [0.25, 0.3) is 0 Å². The van der Waals surface area contributed by atoms with Crippen molar-refractivity contribution in [1.82, 2.24) is 9.97 Å². The van der Waals surface area contributed by atoms with E-state index >= 15 is 0 Å². The van der Waals surface area contributed by atoms with Crippen LogP contribution < -0.4 is 5.32 Å². The molecular weight excluding hydrogens is 349 g/mol. The quantitative estimate of drug-likeness (QED) is 0.768. The summed E-state index contributed by atoms with van der Waals surface area (Å²) in [5.41, 5.74) is 1.65. The molecule has 19 heavy (non-hydrogen) atoms. The van der Waals surface area contributed by atoms with E-state index in [1.54, 1.807) is 0 Å². The lowest BCUT2D eigenvalue weighted by atomic mass is 10.3. The number of rotatable bonds is 3. The largest absolute Gasteiger partial charge is 0.339 e. The number of aryl methyl sites for hydroxylation is 1. The standard InChI is InChI=1S/C13H12BrCl2N3/c1-3-11-18-12(16)7(2)13(19-11)17-10-6-8(15)4-5-9(10)14/h4-6H,3H2,1-2H3,(H,17,18,19). The first-order valence-electron chi connectivity index (χ1n) is 5.76. The lowest BCUT2D eigenvalue weighted by molar-refractivity contribution is 0.934. The van der Waals surface area contributed by atoms with Crippen LogP contribution in [0.3, 0.4) is 0 Å². The molecule has 0 amide bonds. The zero-order valence-electron chi connectivity index (χ0n) is 10.5. The molecule has 2 rings (SSSR count). The molecule has 0 saturated heterocycles. The van der Waals surface area contributed by atoms with Crippen molar-refractivity contribution in [2.24, 2.45) is 0 Å². The molecule has 6 heteroatoms. The Hall–Kier alpha value is -0.840. The first-order chi connectivity index (χ1) is 9.01. The highest BCUT2D eigenvalue weighted by Crippen LogP contribution is 2.30. The van der Waals surface area contributed by atoms with Crippen LogP contribution in [0.1, 0.15) is 18.3 Å². The summed E-state index contributed by atoms with van der Waals surface area (Å²) in [4.78, 5) is 8.66. The van der Waals surface area contributed by atoms with E-state index in [2.05, 4.69) is 31.2 Å². The molecule has 3 nitrogen and oxygen atoms in total. The van der Waals surface area contributed by atoms with Gasteiger partial charge in [0.15, 0.2) is 0 Å². The zero-order chi connectivity index (χ0) is 14.0. The van der Waals surface area contributed by atoms with Gasteiger partial charge in [-0.3, -0.25) is 0 Å². The first-order valence-corrected chi connectivity index (χ1v) is 7.31. The van der Waals surface area contributed by atoms with Gasteiger partial charge in [0.2, 0.25) is 0 Å². The summed E-state index contributed by atoms with van der Waals surface area (Å²) in [6, 6.07) is 5.52. The van der Waals surface area contributed by atoms with Gasteiger partial charge in [-0.15, -0.1) is 0 Å². The Kier molecular flexibility index (Phi) is 4.66. The van der Waals surface area contributed by atoms with Crippen LogP contribution in [-0.4, -0.2) is 9.97 Å². The van der Waals surface area contributed by atoms with E-state index in [0.29, 0.717) is 21.8 Å². The fourth-order valence-electron chi connectivity index (χ4n) is 1.53. The SMILES string of the molecule is CCc1nc(Cl)c(C)c(Nc2cc(Cl)ccc2Br)n1. The second-order valence-corrected chi connectivity index (χ2v) is 5.66. The second kappa shape index (κ2) is 6.07. The van der Waals surface area contributed by atoms with E-state index < -0.39 is 0 Å². The smallest absolute Gasteiger partial charge is 0.138 e. The Morgan fingerprint density at radius 1 is 1.26 bits per heavy atom. The van der Waals surface area contributed by atoms with Crippen molar-refractivity contribution >= 4 is 50.6 Å². The summed E-state index contributed by atoms with van der Waals surface area (Å²) in [6.45, 7) is 3.86. The Balaban J connectivity index is 2.42. The third-order valence-corrected chi connectivity index (χ3v) is 3.93. The van der Waals surface area contributed by atoms with Crippen LogP contribution >= 0.6 is 39.1 Å². The molecule has 1 aromatic heterocycles. The fraction of sp³-hybridized carbons (Fsp3) is 0.231. The number of nitrogens with one attached hydrogen (secondary N) is 1. The zero-order valence-corrected chi connectivity index (χ0v) is 13.6. The third kappa shape index (κ3) is 3.38. The molecule has 0 radical (unpaired) electrons. The van der Waals surface area contributed by atoms with Crippen molar-refractivity contribution < 1.29 is 0 Å². The lowest BCUT2D eigenvalue weighted by Crippen LogP contribution is -2.03. The minimum absolute atomic E-state index is 0.465. The van der Waals surface area contributed by atoms with Gasteiger partial charge in [0, 0.05) is 21.5 Å². The molecule has 1 heterocycles. The molecule has 0 aliphatic heterocycles. The van der Waals surface area contributed by atoms with Crippen molar-refractivity contribution in [2.45, 2.75) is 20.3 Å². The summed E-state index contributed by atoms with van der Waals surface area (Å²) >= 11 is 15.6. The number of benzene rings is 1. The van der Waals surface area contributed by atoms with Crippen LogP contribution in [0.2, 0.25) is 10.2 Å². The van der Waals surface area contributed by atoms with Crippen molar-refractivity contribution in [3.8, 4) is 0 Å². The summed E-state index contributed by atoms with van der Waals surface area (Å²) in [7, 11) is 0. The van der Waals surface area contributed by atoms with Gasteiger partial charge in [0.1, 0.15) is 16.8 Å². The molecule has 100 valence electrons. The number of anilines is 2. The predicted octanol–water partition coefficient (Wildman–Crippen LogP) is 5.16. The van der Waals surface area contributed by atoms with Crippen molar-refractivity contribution in [3.63, 3.8) is 0 Å². The monoisotopic (exact) mass is 359 g/mol. The molecule has 0 aliphatic carbocycles. The van der Waals surface area contributed by atoms with Gasteiger partial charge in [-0.05, 0) is 41.1 Å². The molecule has 0 saturated carbocycles. The summed E-state index contributed by atoms with van der Waals surface area (Å²) in [5.74, 6) is 1.40. The minimum Gasteiger partial charge on any atom is -0.339 e. The van der Waals surface area contributed by atoms with Crippen LogP contribution in [0.15, 0.2) is 22.7 Å². The highest BCUT2D eigenvalue weighted by atomic mass is 79.9. The van der Waals surface area contributed by atoms with Crippen LogP contribution in [-0.2, 0) is 6.42 Å². The summed E-state index contributed by atoms with van der Waals surface area (Å²) < 4.78 is 0.907. The summed E-state index contributed by atoms with van der Waals surface area (Å²) in [6.07, 6.45) is 0.728. The van der Waals surface area contributed by atoms with Crippen LogP contribution in [0.4, 0.5) is 11.5 Å². The van der Waals surface area contributed by atoms with E-state index in [4.69, 9.17) is 23.2 Å². The van der Waals surface area contributed by atoms with Gasteiger partial charge in [-0.25, -0.2) is 9.97 Å². The number of aromatic nitrogens is 2. The van der Waals surface area contributed by atoms with Crippen LogP contribution in [0, 0.1) is 6.92 Å². The van der Waals surface area contributed by atoms with Crippen molar-refractivity contribution in [1.29, 1.82) is 0 Å². The molecule has 0 bridgehead atoms. The number of halogens is 3. The second-order valence-electron chi connectivity index (χ2n) is 4.01. The highest BCUT2D eigenvalue weighted by molar-refractivity contribution is 9.10. The average molecular weight is 361 g/mol. The Bertz CT molecular complexity index is 617. The third-order valence-electron chi connectivity index (χ3n) is 2.63. The normalized spacial score (nSPS) is 10.6. The maximum absolute atomic E-state index is 6.11. The maximum atomic E-state index is 6.11. The molecule has 0 atom stereocenters.